The van der Waals surface area contributed by atoms with E-state index in [4.69, 9.17) is 4.74 Å². The molecule has 0 aliphatic heterocycles. The van der Waals surface area contributed by atoms with Crippen LogP contribution in [0.25, 0.3) is 0 Å². The van der Waals surface area contributed by atoms with Gasteiger partial charge in [0.05, 0.1) is 12.7 Å². The largest absolute Gasteiger partial charge is 0.465 e. The first-order valence-electron chi connectivity index (χ1n) is 6.02. The first-order valence-corrected chi connectivity index (χ1v) is 6.02. The minimum atomic E-state index is -0.336. The van der Waals surface area contributed by atoms with E-state index in [1.165, 1.54) is 7.11 Å². The fourth-order valence-corrected chi connectivity index (χ4v) is 1.79. The number of aryl methyl sites for hydroxylation is 1. The molecule has 0 bridgehead atoms. The molecule has 2 rings (SSSR count). The van der Waals surface area contributed by atoms with Gasteiger partial charge in [0.1, 0.15) is 0 Å². The molecule has 0 unspecified atom stereocenters. The average Bonchev–Trinajstić information content (AvgIpc) is 2.46. The molecule has 4 heteroatoms. The van der Waals surface area contributed by atoms with Crippen molar-refractivity contribution >= 4 is 11.7 Å². The number of aromatic nitrogens is 1. The Hall–Kier alpha value is -2.36. The number of nitrogens with zero attached hydrogens (tertiary/aromatic N) is 1. The molecule has 1 aromatic carbocycles. The van der Waals surface area contributed by atoms with Crippen LogP contribution in [0.3, 0.4) is 0 Å². The smallest absolute Gasteiger partial charge is 0.339 e. The summed E-state index contributed by atoms with van der Waals surface area (Å²) in [6.45, 7) is 2.55. The number of nitrogens with one attached hydrogen (secondary N) is 1. The molecule has 2 aromatic rings. The van der Waals surface area contributed by atoms with E-state index >= 15 is 0 Å². The molecule has 98 valence electrons. The van der Waals surface area contributed by atoms with E-state index in [0.717, 1.165) is 16.8 Å². The van der Waals surface area contributed by atoms with Gasteiger partial charge in [-0.2, -0.15) is 0 Å². The van der Waals surface area contributed by atoms with Crippen LogP contribution in [0, 0.1) is 6.92 Å². The summed E-state index contributed by atoms with van der Waals surface area (Å²) in [5.74, 6) is -0.336. The second kappa shape index (κ2) is 6.00. The van der Waals surface area contributed by atoms with E-state index in [0.29, 0.717) is 12.1 Å². The predicted molar refractivity (Wildman–Crippen MR) is 74.1 cm³/mol. The van der Waals surface area contributed by atoms with E-state index in [2.05, 4.69) is 10.3 Å². The number of methoxy groups -OCH3 is 1. The predicted octanol–water partition coefficient (Wildman–Crippen LogP) is 2.79. The van der Waals surface area contributed by atoms with E-state index in [1.807, 2.05) is 37.3 Å². The summed E-state index contributed by atoms with van der Waals surface area (Å²) in [5, 5.41) is 3.23. The Morgan fingerprint density at radius 3 is 2.89 bits per heavy atom. The van der Waals surface area contributed by atoms with Crippen molar-refractivity contribution in [2.24, 2.45) is 0 Å². The molecule has 0 amide bonds. The van der Waals surface area contributed by atoms with Crippen LogP contribution in [0.2, 0.25) is 0 Å². The summed E-state index contributed by atoms with van der Waals surface area (Å²) < 4.78 is 4.79. The van der Waals surface area contributed by atoms with Gasteiger partial charge in [-0.05, 0) is 30.7 Å². The van der Waals surface area contributed by atoms with Gasteiger partial charge in [0.25, 0.3) is 0 Å². The highest BCUT2D eigenvalue weighted by molar-refractivity contribution is 5.95. The zero-order chi connectivity index (χ0) is 13.7. The summed E-state index contributed by atoms with van der Waals surface area (Å²) >= 11 is 0. The lowest BCUT2D eigenvalue weighted by atomic mass is 10.1. The fourth-order valence-electron chi connectivity index (χ4n) is 1.79. The van der Waals surface area contributed by atoms with Gasteiger partial charge in [0.2, 0.25) is 0 Å². The third-order valence-electron chi connectivity index (χ3n) is 2.79. The molecule has 0 spiro atoms. The zero-order valence-electron chi connectivity index (χ0n) is 11.0. The first-order chi connectivity index (χ1) is 9.20. The van der Waals surface area contributed by atoms with Gasteiger partial charge >= 0.3 is 5.97 Å². The van der Waals surface area contributed by atoms with Crippen LogP contribution in [0.5, 0.6) is 0 Å². The Kier molecular flexibility index (Phi) is 4.13. The highest BCUT2D eigenvalue weighted by atomic mass is 16.5. The molecule has 19 heavy (non-hydrogen) atoms. The van der Waals surface area contributed by atoms with Crippen molar-refractivity contribution in [1.82, 2.24) is 4.98 Å². The van der Waals surface area contributed by atoms with E-state index in [9.17, 15) is 4.79 Å². The van der Waals surface area contributed by atoms with Crippen molar-refractivity contribution in [1.29, 1.82) is 0 Å². The lowest BCUT2D eigenvalue weighted by molar-refractivity contribution is 0.0601. The van der Waals surface area contributed by atoms with E-state index in [-0.39, 0.29) is 5.97 Å². The number of esters is 1. The fraction of sp³-hybridized carbons (Fsp3) is 0.200. The van der Waals surface area contributed by atoms with Gasteiger partial charge in [-0.3, -0.25) is 4.98 Å². The summed E-state index contributed by atoms with van der Waals surface area (Å²) in [7, 11) is 1.38. The van der Waals surface area contributed by atoms with Crippen LogP contribution in [0.15, 0.2) is 42.7 Å². The van der Waals surface area contributed by atoms with Crippen LogP contribution >= 0.6 is 0 Å². The van der Waals surface area contributed by atoms with Crippen LogP contribution in [-0.4, -0.2) is 18.1 Å². The highest BCUT2D eigenvalue weighted by Gasteiger charge is 2.11. The van der Waals surface area contributed by atoms with Crippen LogP contribution in [-0.2, 0) is 11.3 Å². The van der Waals surface area contributed by atoms with Crippen LogP contribution in [0.4, 0.5) is 5.69 Å². The normalized spacial score (nSPS) is 10.0. The molecule has 0 radical (unpaired) electrons. The Balaban J connectivity index is 2.18. The molecule has 1 aromatic heterocycles. The molecule has 0 saturated carbocycles. The summed E-state index contributed by atoms with van der Waals surface area (Å²) in [6, 6.07) is 9.52. The first kappa shape index (κ1) is 13.1. The Bertz CT molecular complexity index is 568. The Morgan fingerprint density at radius 1 is 1.37 bits per heavy atom. The maximum absolute atomic E-state index is 11.7. The summed E-state index contributed by atoms with van der Waals surface area (Å²) in [6.07, 6.45) is 3.52. The molecule has 0 atom stereocenters. The molecule has 1 heterocycles. The van der Waals surface area contributed by atoms with Crippen molar-refractivity contribution in [3.8, 4) is 0 Å². The number of carbonyl (C=O) groups is 1. The van der Waals surface area contributed by atoms with Gasteiger partial charge in [-0.15, -0.1) is 0 Å². The lowest BCUT2D eigenvalue weighted by Crippen LogP contribution is -2.08. The number of benzene rings is 1. The van der Waals surface area contributed by atoms with Gasteiger partial charge in [0.15, 0.2) is 0 Å². The lowest BCUT2D eigenvalue weighted by Gasteiger charge is -2.11. The number of pyridine rings is 1. The quantitative estimate of drug-likeness (QED) is 0.855. The molecular weight excluding hydrogens is 240 g/mol. The topological polar surface area (TPSA) is 51.2 Å². The summed E-state index contributed by atoms with van der Waals surface area (Å²) in [4.78, 5) is 15.8. The molecule has 1 N–H and O–H groups in total. The van der Waals surface area contributed by atoms with Crippen molar-refractivity contribution < 1.29 is 9.53 Å². The maximum atomic E-state index is 11.7. The Morgan fingerprint density at radius 2 is 2.21 bits per heavy atom. The van der Waals surface area contributed by atoms with E-state index in [1.54, 1.807) is 12.4 Å². The SMILES string of the molecule is COC(=O)c1cc(C)ccc1NCc1cccnc1. The monoisotopic (exact) mass is 256 g/mol. The molecule has 0 saturated heterocycles. The number of carbonyl (C=O) groups excluding carboxylic acids is 1. The third kappa shape index (κ3) is 3.31. The van der Waals surface area contributed by atoms with Gasteiger partial charge in [-0.25, -0.2) is 4.79 Å². The molecule has 4 nitrogen and oxygen atoms in total. The molecule has 0 aliphatic rings. The van der Waals surface area contributed by atoms with Crippen molar-refractivity contribution in [2.75, 3.05) is 12.4 Å². The zero-order valence-corrected chi connectivity index (χ0v) is 11.0. The van der Waals surface area contributed by atoms with Gasteiger partial charge in [-0.1, -0.05) is 17.7 Å². The summed E-state index contributed by atoms with van der Waals surface area (Å²) in [5.41, 5.74) is 3.39. The second-order valence-electron chi connectivity index (χ2n) is 4.26. The minimum Gasteiger partial charge on any atom is -0.465 e. The number of rotatable bonds is 4. The minimum absolute atomic E-state index is 0.336. The van der Waals surface area contributed by atoms with E-state index < -0.39 is 0 Å². The standard InChI is InChI=1S/C15H16N2O2/c1-11-5-6-14(13(8-11)15(18)19-2)17-10-12-4-3-7-16-9-12/h3-9,17H,10H2,1-2H3. The number of hydrogen-bond donors (Lipinski definition) is 1. The second-order valence-corrected chi connectivity index (χ2v) is 4.26. The third-order valence-corrected chi connectivity index (χ3v) is 2.79. The van der Waals surface area contributed by atoms with Crippen LogP contribution < -0.4 is 5.32 Å². The number of anilines is 1. The van der Waals surface area contributed by atoms with Crippen molar-refractivity contribution in [3.05, 3.63) is 59.4 Å². The van der Waals surface area contributed by atoms with Crippen molar-refractivity contribution in [2.45, 2.75) is 13.5 Å². The number of ether oxygens (including phenoxy) is 1. The Labute approximate surface area is 112 Å². The van der Waals surface area contributed by atoms with Crippen molar-refractivity contribution in [3.63, 3.8) is 0 Å². The molecular formula is C15H16N2O2. The van der Waals surface area contributed by atoms with Gasteiger partial charge in [0, 0.05) is 24.6 Å². The van der Waals surface area contributed by atoms with Gasteiger partial charge < -0.3 is 10.1 Å². The molecule has 0 fully saturated rings. The van der Waals surface area contributed by atoms with Crippen LogP contribution in [0.1, 0.15) is 21.5 Å². The number of hydrogen-bond acceptors (Lipinski definition) is 4. The highest BCUT2D eigenvalue weighted by Crippen LogP contribution is 2.19. The maximum Gasteiger partial charge on any atom is 0.339 e. The average molecular weight is 256 g/mol. The molecule has 0 aliphatic carbocycles.